The van der Waals surface area contributed by atoms with Gasteiger partial charge in [0.15, 0.2) is 9.84 Å². The van der Waals surface area contributed by atoms with Crippen LogP contribution in [0.2, 0.25) is 0 Å². The molecule has 2 aromatic rings. The van der Waals surface area contributed by atoms with Crippen molar-refractivity contribution in [1.82, 2.24) is 0 Å². The molecule has 1 amide bonds. The fourth-order valence-electron chi connectivity index (χ4n) is 2.94. The molecule has 3 rings (SSSR count). The predicted octanol–water partition coefficient (Wildman–Crippen LogP) is 2.00. The van der Waals surface area contributed by atoms with Crippen LogP contribution in [0.25, 0.3) is 0 Å². The highest BCUT2D eigenvalue weighted by Gasteiger charge is 2.25. The van der Waals surface area contributed by atoms with E-state index in [0.717, 1.165) is 30.0 Å². The number of fused-ring (bicyclic) bond motifs is 1. The molecule has 2 aromatic carbocycles. The van der Waals surface area contributed by atoms with Crippen LogP contribution in [0.5, 0.6) is 0 Å². The molecule has 9 heteroatoms. The molecule has 1 heterocycles. The first-order valence-electron chi connectivity index (χ1n) is 7.88. The van der Waals surface area contributed by atoms with Gasteiger partial charge in [-0.05, 0) is 24.1 Å². The van der Waals surface area contributed by atoms with Crippen molar-refractivity contribution in [3.63, 3.8) is 0 Å². The number of nitro benzene ring substituents is 1. The van der Waals surface area contributed by atoms with Crippen LogP contribution in [0.1, 0.15) is 5.56 Å². The number of nitrogens with zero attached hydrogens (tertiary/aromatic N) is 2. The first kappa shape index (κ1) is 17.9. The van der Waals surface area contributed by atoms with Gasteiger partial charge in [-0.1, -0.05) is 18.2 Å². The molecular formula is C17H17N3O5S. The van der Waals surface area contributed by atoms with Crippen molar-refractivity contribution in [2.75, 3.05) is 29.6 Å². The van der Waals surface area contributed by atoms with Crippen molar-refractivity contribution in [1.29, 1.82) is 0 Å². The maximum atomic E-state index is 12.5. The summed E-state index contributed by atoms with van der Waals surface area (Å²) in [5.41, 5.74) is 1.79. The van der Waals surface area contributed by atoms with Gasteiger partial charge in [0.25, 0.3) is 5.69 Å². The highest BCUT2D eigenvalue weighted by molar-refractivity contribution is 7.90. The Balaban J connectivity index is 1.80. The van der Waals surface area contributed by atoms with Crippen LogP contribution in [0.15, 0.2) is 47.4 Å². The first-order valence-corrected chi connectivity index (χ1v) is 9.77. The molecule has 136 valence electrons. The van der Waals surface area contributed by atoms with E-state index in [4.69, 9.17) is 0 Å². The monoisotopic (exact) mass is 375 g/mol. The number of hydrogen-bond donors (Lipinski definition) is 1. The molecule has 0 bridgehead atoms. The lowest BCUT2D eigenvalue weighted by atomic mass is 10.2. The van der Waals surface area contributed by atoms with Gasteiger partial charge in [0.2, 0.25) is 5.91 Å². The lowest BCUT2D eigenvalue weighted by molar-refractivity contribution is -0.385. The maximum Gasteiger partial charge on any atom is 0.270 e. The highest BCUT2D eigenvalue weighted by Crippen LogP contribution is 2.29. The Hall–Kier alpha value is -2.94. The summed E-state index contributed by atoms with van der Waals surface area (Å²) in [4.78, 5) is 24.2. The summed E-state index contributed by atoms with van der Waals surface area (Å²) >= 11 is 0. The molecule has 0 unspecified atom stereocenters. The van der Waals surface area contributed by atoms with Crippen molar-refractivity contribution >= 4 is 32.8 Å². The SMILES string of the molecule is CS(=O)(=O)c1cc([N+](=O)[O-])ccc1NCC(=O)N1CCc2ccccc21. The lowest BCUT2D eigenvalue weighted by Gasteiger charge is -2.18. The largest absolute Gasteiger partial charge is 0.375 e. The van der Waals surface area contributed by atoms with Gasteiger partial charge in [0.05, 0.1) is 22.1 Å². The minimum Gasteiger partial charge on any atom is -0.375 e. The first-order chi connectivity index (χ1) is 12.3. The third-order valence-electron chi connectivity index (χ3n) is 4.19. The molecule has 1 aliphatic heterocycles. The molecule has 8 nitrogen and oxygen atoms in total. The standard InChI is InChI=1S/C17H17N3O5S/c1-26(24,25)16-10-13(20(22)23)6-7-14(16)18-11-17(21)19-9-8-12-4-2-3-5-15(12)19/h2-7,10,18H,8-9,11H2,1H3. The maximum absolute atomic E-state index is 12.5. The second-order valence-electron chi connectivity index (χ2n) is 5.99. The third kappa shape index (κ3) is 3.52. The summed E-state index contributed by atoms with van der Waals surface area (Å²) in [6.07, 6.45) is 1.74. The Labute approximate surface area is 150 Å². The van der Waals surface area contributed by atoms with Crippen molar-refractivity contribution in [3.05, 3.63) is 58.1 Å². The minimum atomic E-state index is -3.70. The van der Waals surface area contributed by atoms with Crippen LogP contribution in [0.3, 0.4) is 0 Å². The predicted molar refractivity (Wildman–Crippen MR) is 97.2 cm³/mol. The average molecular weight is 375 g/mol. The molecule has 0 spiro atoms. The number of benzene rings is 2. The molecule has 1 aliphatic rings. The molecule has 0 fully saturated rings. The quantitative estimate of drug-likeness (QED) is 0.632. The Bertz CT molecular complexity index is 988. The second kappa shape index (κ2) is 6.75. The molecule has 1 N–H and O–H groups in total. The van der Waals surface area contributed by atoms with Crippen LogP contribution in [0.4, 0.5) is 17.1 Å². The summed E-state index contributed by atoms with van der Waals surface area (Å²) in [6, 6.07) is 11.1. The number of amides is 1. The van der Waals surface area contributed by atoms with E-state index in [-0.39, 0.29) is 28.7 Å². The number of anilines is 2. The van der Waals surface area contributed by atoms with E-state index >= 15 is 0 Å². The Morgan fingerprint density at radius 1 is 1.27 bits per heavy atom. The van der Waals surface area contributed by atoms with Crippen LogP contribution in [0, 0.1) is 10.1 Å². The molecule has 0 atom stereocenters. The van der Waals surface area contributed by atoms with Gasteiger partial charge in [-0.3, -0.25) is 14.9 Å². The van der Waals surface area contributed by atoms with Crippen molar-refractivity contribution in [3.8, 4) is 0 Å². The summed E-state index contributed by atoms with van der Waals surface area (Å²) in [7, 11) is -3.70. The van der Waals surface area contributed by atoms with Crippen LogP contribution >= 0.6 is 0 Å². The number of non-ortho nitro benzene ring substituents is 1. The summed E-state index contributed by atoms with van der Waals surface area (Å²) in [5, 5.41) is 13.7. The van der Waals surface area contributed by atoms with E-state index in [9.17, 15) is 23.3 Å². The van der Waals surface area contributed by atoms with E-state index in [1.807, 2.05) is 24.3 Å². The topological polar surface area (TPSA) is 110 Å². The number of nitrogens with one attached hydrogen (secondary N) is 1. The van der Waals surface area contributed by atoms with Crippen LogP contribution in [-0.2, 0) is 21.1 Å². The van der Waals surface area contributed by atoms with E-state index in [1.165, 1.54) is 12.1 Å². The number of carbonyl (C=O) groups excluding carboxylic acids is 1. The van der Waals surface area contributed by atoms with Gasteiger partial charge in [-0.2, -0.15) is 0 Å². The van der Waals surface area contributed by atoms with Crippen molar-refractivity contribution < 1.29 is 18.1 Å². The summed E-state index contributed by atoms with van der Waals surface area (Å²) in [5.74, 6) is -0.201. The number of nitro groups is 1. The van der Waals surface area contributed by atoms with E-state index in [0.29, 0.717) is 6.54 Å². The molecule has 0 saturated heterocycles. The normalized spacial score (nSPS) is 13.3. The van der Waals surface area contributed by atoms with Gasteiger partial charge in [-0.25, -0.2) is 8.42 Å². The summed E-state index contributed by atoms with van der Waals surface area (Å²) < 4.78 is 23.9. The molecule has 0 radical (unpaired) electrons. The minimum absolute atomic E-state index is 0.116. The Morgan fingerprint density at radius 3 is 2.69 bits per heavy atom. The molecule has 26 heavy (non-hydrogen) atoms. The number of hydrogen-bond acceptors (Lipinski definition) is 6. The van der Waals surface area contributed by atoms with E-state index < -0.39 is 14.8 Å². The van der Waals surface area contributed by atoms with Crippen LogP contribution in [-0.4, -0.2) is 38.6 Å². The van der Waals surface area contributed by atoms with Crippen LogP contribution < -0.4 is 10.2 Å². The van der Waals surface area contributed by atoms with E-state index in [2.05, 4.69) is 5.32 Å². The number of sulfone groups is 1. The summed E-state index contributed by atoms with van der Waals surface area (Å²) in [6.45, 7) is 0.452. The molecule has 0 aliphatic carbocycles. The number of rotatable bonds is 5. The fourth-order valence-corrected chi connectivity index (χ4v) is 3.82. The van der Waals surface area contributed by atoms with Gasteiger partial charge in [-0.15, -0.1) is 0 Å². The van der Waals surface area contributed by atoms with Gasteiger partial charge in [0, 0.05) is 30.6 Å². The Kier molecular flexibility index (Phi) is 4.64. The third-order valence-corrected chi connectivity index (χ3v) is 5.33. The fraction of sp³-hybridized carbons (Fsp3) is 0.235. The zero-order valence-corrected chi connectivity index (χ0v) is 14.8. The number of carbonyl (C=O) groups is 1. The smallest absolute Gasteiger partial charge is 0.270 e. The van der Waals surface area contributed by atoms with Gasteiger partial charge in [0.1, 0.15) is 0 Å². The average Bonchev–Trinajstić information content (AvgIpc) is 3.02. The second-order valence-corrected chi connectivity index (χ2v) is 7.97. The van der Waals surface area contributed by atoms with E-state index in [1.54, 1.807) is 4.90 Å². The molecule has 0 saturated carbocycles. The van der Waals surface area contributed by atoms with Crippen molar-refractivity contribution in [2.45, 2.75) is 11.3 Å². The van der Waals surface area contributed by atoms with Crippen molar-refractivity contribution in [2.24, 2.45) is 0 Å². The zero-order valence-electron chi connectivity index (χ0n) is 14.0. The van der Waals surface area contributed by atoms with Gasteiger partial charge >= 0.3 is 0 Å². The zero-order chi connectivity index (χ0) is 18.9. The highest BCUT2D eigenvalue weighted by atomic mass is 32.2. The molecular weight excluding hydrogens is 358 g/mol. The lowest BCUT2D eigenvalue weighted by Crippen LogP contribution is -2.34. The number of para-hydroxylation sites is 1. The Morgan fingerprint density at radius 2 is 2.00 bits per heavy atom. The molecule has 0 aromatic heterocycles. The van der Waals surface area contributed by atoms with Gasteiger partial charge < -0.3 is 10.2 Å².